The van der Waals surface area contributed by atoms with Crippen LogP contribution in [0.2, 0.25) is 0 Å². The first kappa shape index (κ1) is 11.6. The van der Waals surface area contributed by atoms with Crippen LogP contribution in [0.3, 0.4) is 0 Å². The van der Waals surface area contributed by atoms with E-state index in [0.29, 0.717) is 23.8 Å². The van der Waals surface area contributed by atoms with E-state index in [0.717, 1.165) is 12.0 Å². The molecule has 1 aromatic rings. The highest BCUT2D eigenvalue weighted by Gasteiger charge is 2.47. The molecule has 1 N–H and O–H groups in total. The predicted octanol–water partition coefficient (Wildman–Crippen LogP) is 3.17. The molecule has 0 spiro atoms. The van der Waals surface area contributed by atoms with E-state index in [1.807, 2.05) is 19.2 Å². The van der Waals surface area contributed by atoms with Crippen LogP contribution in [0.1, 0.15) is 31.7 Å². The number of hydrogen-bond donors (Lipinski definition) is 1. The van der Waals surface area contributed by atoms with Crippen molar-refractivity contribution in [2.75, 3.05) is 7.05 Å². The Morgan fingerprint density at radius 2 is 2.00 bits per heavy atom. The third-order valence-electron chi connectivity index (χ3n) is 4.12. The molecule has 2 heteroatoms. The van der Waals surface area contributed by atoms with Gasteiger partial charge in [-0.15, -0.1) is 0 Å². The van der Waals surface area contributed by atoms with Gasteiger partial charge in [0.2, 0.25) is 0 Å². The van der Waals surface area contributed by atoms with E-state index in [9.17, 15) is 4.39 Å². The van der Waals surface area contributed by atoms with Gasteiger partial charge in [-0.3, -0.25) is 0 Å². The monoisotopic (exact) mass is 221 g/mol. The smallest absolute Gasteiger partial charge is 0.126 e. The second-order valence-corrected chi connectivity index (χ2v) is 4.79. The van der Waals surface area contributed by atoms with Gasteiger partial charge in [-0.25, -0.2) is 4.39 Å². The zero-order chi connectivity index (χ0) is 11.7. The van der Waals surface area contributed by atoms with E-state index in [2.05, 4.69) is 19.2 Å². The Hall–Kier alpha value is -0.890. The summed E-state index contributed by atoms with van der Waals surface area (Å²) in [6.45, 7) is 4.40. The normalized spacial score (nSPS) is 33.5. The summed E-state index contributed by atoms with van der Waals surface area (Å²) in [6.07, 6.45) is 1.11. The highest BCUT2D eigenvalue weighted by Crippen LogP contribution is 2.49. The first-order valence-corrected chi connectivity index (χ1v) is 6.12. The molecule has 4 atom stereocenters. The Morgan fingerprint density at radius 3 is 2.56 bits per heavy atom. The van der Waals surface area contributed by atoms with Crippen molar-refractivity contribution in [3.8, 4) is 0 Å². The molecule has 0 bridgehead atoms. The van der Waals surface area contributed by atoms with Gasteiger partial charge < -0.3 is 5.32 Å². The summed E-state index contributed by atoms with van der Waals surface area (Å²) in [6, 6.07) is 7.74. The van der Waals surface area contributed by atoms with E-state index >= 15 is 0 Å². The largest absolute Gasteiger partial charge is 0.316 e. The molecule has 0 aliphatic heterocycles. The molecule has 1 aromatic carbocycles. The van der Waals surface area contributed by atoms with E-state index in [1.54, 1.807) is 12.1 Å². The minimum Gasteiger partial charge on any atom is -0.316 e. The van der Waals surface area contributed by atoms with Gasteiger partial charge in [-0.05, 0) is 36.4 Å². The number of benzene rings is 1. The SMILES string of the molecule is CCC1C(NC)C(C)C1c1ccccc1F. The molecular weight excluding hydrogens is 201 g/mol. The fourth-order valence-corrected chi connectivity index (χ4v) is 3.33. The Morgan fingerprint density at radius 1 is 1.31 bits per heavy atom. The molecular formula is C14H20FN. The average molecular weight is 221 g/mol. The second-order valence-electron chi connectivity index (χ2n) is 4.79. The maximum Gasteiger partial charge on any atom is 0.126 e. The van der Waals surface area contributed by atoms with Gasteiger partial charge in [0.15, 0.2) is 0 Å². The molecule has 0 saturated heterocycles. The van der Waals surface area contributed by atoms with Crippen LogP contribution in [0.5, 0.6) is 0 Å². The zero-order valence-corrected chi connectivity index (χ0v) is 10.2. The number of rotatable bonds is 3. The van der Waals surface area contributed by atoms with E-state index in [-0.39, 0.29) is 5.82 Å². The lowest BCUT2D eigenvalue weighted by Gasteiger charge is -2.51. The second kappa shape index (κ2) is 4.54. The lowest BCUT2D eigenvalue weighted by Crippen LogP contribution is -2.54. The standard InChI is InChI=1S/C14H20FN/c1-4-10-13(9(2)14(10)16-3)11-7-5-6-8-12(11)15/h5-10,13-14,16H,4H2,1-3H3. The molecule has 2 rings (SSSR count). The first-order chi connectivity index (χ1) is 7.70. The lowest BCUT2D eigenvalue weighted by atomic mass is 9.58. The van der Waals surface area contributed by atoms with E-state index in [1.165, 1.54) is 0 Å². The molecule has 1 fully saturated rings. The molecule has 1 nitrogen and oxygen atoms in total. The summed E-state index contributed by atoms with van der Waals surface area (Å²) in [5.74, 6) is 1.42. The average Bonchev–Trinajstić information content (AvgIpc) is 2.29. The summed E-state index contributed by atoms with van der Waals surface area (Å²) < 4.78 is 13.8. The van der Waals surface area contributed by atoms with Gasteiger partial charge in [-0.1, -0.05) is 38.5 Å². The molecule has 0 amide bonds. The van der Waals surface area contributed by atoms with Gasteiger partial charge in [-0.2, -0.15) is 0 Å². The number of hydrogen-bond acceptors (Lipinski definition) is 1. The number of halogens is 1. The third kappa shape index (κ3) is 1.65. The molecule has 88 valence electrons. The van der Waals surface area contributed by atoms with E-state index < -0.39 is 0 Å². The van der Waals surface area contributed by atoms with Crippen molar-refractivity contribution >= 4 is 0 Å². The lowest BCUT2D eigenvalue weighted by molar-refractivity contribution is 0.0822. The fourth-order valence-electron chi connectivity index (χ4n) is 3.33. The topological polar surface area (TPSA) is 12.0 Å². The molecule has 16 heavy (non-hydrogen) atoms. The number of nitrogens with one attached hydrogen (secondary N) is 1. The minimum atomic E-state index is -0.0487. The van der Waals surface area contributed by atoms with Crippen molar-refractivity contribution in [3.63, 3.8) is 0 Å². The van der Waals surface area contributed by atoms with Gasteiger partial charge in [0.25, 0.3) is 0 Å². The van der Waals surface area contributed by atoms with Crippen molar-refractivity contribution < 1.29 is 4.39 Å². The quantitative estimate of drug-likeness (QED) is 0.826. The van der Waals surface area contributed by atoms with Crippen LogP contribution in [-0.2, 0) is 0 Å². The summed E-state index contributed by atoms with van der Waals surface area (Å²) in [5, 5.41) is 3.35. The highest BCUT2D eigenvalue weighted by atomic mass is 19.1. The summed E-state index contributed by atoms with van der Waals surface area (Å²) in [5.41, 5.74) is 0.897. The molecule has 4 unspecified atom stereocenters. The molecule has 0 heterocycles. The van der Waals surface area contributed by atoms with Gasteiger partial charge in [0.05, 0.1) is 0 Å². The van der Waals surface area contributed by atoms with Crippen molar-refractivity contribution in [1.82, 2.24) is 5.32 Å². The molecule has 1 aliphatic rings. The highest BCUT2D eigenvalue weighted by molar-refractivity contribution is 5.28. The van der Waals surface area contributed by atoms with E-state index in [4.69, 9.17) is 0 Å². The maximum atomic E-state index is 13.8. The van der Waals surface area contributed by atoms with Crippen molar-refractivity contribution in [2.45, 2.75) is 32.2 Å². The van der Waals surface area contributed by atoms with Gasteiger partial charge in [0, 0.05) is 6.04 Å². The van der Waals surface area contributed by atoms with Crippen molar-refractivity contribution in [2.24, 2.45) is 11.8 Å². The predicted molar refractivity (Wildman–Crippen MR) is 64.9 cm³/mol. The Labute approximate surface area is 97.1 Å². The maximum absolute atomic E-state index is 13.8. The molecule has 1 saturated carbocycles. The van der Waals surface area contributed by atoms with Gasteiger partial charge in [0.1, 0.15) is 5.82 Å². The van der Waals surface area contributed by atoms with Crippen LogP contribution in [0.25, 0.3) is 0 Å². The van der Waals surface area contributed by atoms with Crippen molar-refractivity contribution in [1.29, 1.82) is 0 Å². The summed E-state index contributed by atoms with van der Waals surface area (Å²) in [7, 11) is 2.00. The molecule has 1 aliphatic carbocycles. The van der Waals surface area contributed by atoms with Gasteiger partial charge >= 0.3 is 0 Å². The summed E-state index contributed by atoms with van der Waals surface area (Å²) >= 11 is 0. The first-order valence-electron chi connectivity index (χ1n) is 6.12. The van der Waals surface area contributed by atoms with Crippen LogP contribution in [0.15, 0.2) is 24.3 Å². The van der Waals surface area contributed by atoms with Crippen LogP contribution in [0.4, 0.5) is 4.39 Å². The minimum absolute atomic E-state index is 0.0487. The fraction of sp³-hybridized carbons (Fsp3) is 0.571. The van der Waals surface area contributed by atoms with Crippen LogP contribution < -0.4 is 5.32 Å². The van der Waals surface area contributed by atoms with Crippen molar-refractivity contribution in [3.05, 3.63) is 35.6 Å². The van der Waals surface area contributed by atoms with Crippen LogP contribution in [0, 0.1) is 17.7 Å². The van der Waals surface area contributed by atoms with Crippen LogP contribution in [-0.4, -0.2) is 13.1 Å². The Kier molecular flexibility index (Phi) is 3.29. The Balaban J connectivity index is 2.25. The van der Waals surface area contributed by atoms with Crippen LogP contribution >= 0.6 is 0 Å². The third-order valence-corrected chi connectivity index (χ3v) is 4.12. The molecule has 0 aromatic heterocycles. The Bertz CT molecular complexity index is 364. The molecule has 0 radical (unpaired) electrons. The zero-order valence-electron chi connectivity index (χ0n) is 10.2. The summed E-state index contributed by atoms with van der Waals surface area (Å²) in [4.78, 5) is 0.